The molecule has 0 radical (unpaired) electrons. The van der Waals surface area contributed by atoms with E-state index in [4.69, 9.17) is 27.9 Å². The number of ketones is 1. The molecule has 1 heterocycles. The van der Waals surface area contributed by atoms with Crippen LogP contribution in [-0.2, 0) is 35.3 Å². The standard InChI is InChI=1S/C35H24Cl2FNO5/c36-34-23-10-4-5-11-24(23)35(37,26-13-7-6-12-25(26)34)30-29(34)31(41)39(32(30)42)27(18-20-8-2-1-3-9-20)33(43)44-19-28(40)21-14-16-22(38)17-15-21/h1-17,27,29-30H,18-19H2/t27-,29+,30+,34?,35?/m0/s1. The molecule has 220 valence electrons. The van der Waals surface area contributed by atoms with Gasteiger partial charge in [0.25, 0.3) is 0 Å². The molecule has 3 atom stereocenters. The molecule has 0 N–H and O–H groups in total. The van der Waals surface area contributed by atoms with Crippen molar-refractivity contribution in [2.24, 2.45) is 11.8 Å². The molecule has 1 fully saturated rings. The smallest absolute Gasteiger partial charge is 0.330 e. The van der Waals surface area contributed by atoms with E-state index in [2.05, 4.69) is 0 Å². The van der Waals surface area contributed by atoms with Gasteiger partial charge in [-0.15, -0.1) is 23.2 Å². The Bertz CT molecular complexity index is 1720. The van der Waals surface area contributed by atoms with Crippen molar-refractivity contribution in [3.8, 4) is 0 Å². The van der Waals surface area contributed by atoms with Crippen LogP contribution in [0.5, 0.6) is 0 Å². The number of Topliss-reactive ketones (excluding diaryl/α,β-unsaturated/α-hetero) is 1. The predicted molar refractivity (Wildman–Crippen MR) is 161 cm³/mol. The van der Waals surface area contributed by atoms with Crippen LogP contribution in [0.4, 0.5) is 4.39 Å². The average molecular weight is 628 g/mol. The van der Waals surface area contributed by atoms with Crippen LogP contribution in [0.15, 0.2) is 103 Å². The van der Waals surface area contributed by atoms with Gasteiger partial charge >= 0.3 is 5.97 Å². The molecule has 4 aromatic carbocycles. The first-order valence-electron chi connectivity index (χ1n) is 14.1. The Kier molecular flexibility index (Phi) is 6.72. The zero-order valence-corrected chi connectivity index (χ0v) is 24.6. The third kappa shape index (κ3) is 3.99. The molecule has 1 aliphatic heterocycles. The lowest BCUT2D eigenvalue weighted by Crippen LogP contribution is -2.57. The van der Waals surface area contributed by atoms with E-state index in [0.29, 0.717) is 27.8 Å². The molecule has 2 amide bonds. The number of ether oxygens (including phenoxy) is 1. The van der Waals surface area contributed by atoms with Crippen molar-refractivity contribution in [1.29, 1.82) is 0 Å². The SMILES string of the molecule is O=C(COC(=O)[C@H](Cc1ccccc1)N1C(=O)[C@H]2[C@H](C1=O)C1(Cl)c3ccccc3C2(Cl)c2ccccc21)c1ccc(F)cc1. The number of benzene rings is 4. The summed E-state index contributed by atoms with van der Waals surface area (Å²) in [5.41, 5.74) is 3.40. The van der Waals surface area contributed by atoms with Gasteiger partial charge in [0.2, 0.25) is 11.8 Å². The van der Waals surface area contributed by atoms with E-state index in [1.165, 1.54) is 12.1 Å². The van der Waals surface area contributed by atoms with Crippen LogP contribution in [0.2, 0.25) is 0 Å². The van der Waals surface area contributed by atoms with Crippen molar-refractivity contribution < 1.29 is 28.3 Å². The van der Waals surface area contributed by atoms with Crippen molar-refractivity contribution in [3.63, 3.8) is 0 Å². The van der Waals surface area contributed by atoms with E-state index < -0.39 is 63.6 Å². The number of alkyl halides is 2. The summed E-state index contributed by atoms with van der Waals surface area (Å²) in [5.74, 6) is -5.45. The lowest BCUT2D eigenvalue weighted by molar-refractivity contribution is -0.158. The molecule has 0 aromatic heterocycles. The predicted octanol–water partition coefficient (Wildman–Crippen LogP) is 5.76. The molecule has 0 saturated carbocycles. The van der Waals surface area contributed by atoms with Gasteiger partial charge in [-0.1, -0.05) is 78.9 Å². The number of halogens is 3. The zero-order chi connectivity index (χ0) is 30.8. The lowest BCUT2D eigenvalue weighted by atomic mass is 9.54. The normalized spacial score (nSPS) is 25.2. The Morgan fingerprint density at radius 2 is 1.18 bits per heavy atom. The first-order chi connectivity index (χ1) is 21.2. The molecule has 9 heteroatoms. The second kappa shape index (κ2) is 10.4. The highest BCUT2D eigenvalue weighted by Crippen LogP contribution is 2.69. The highest BCUT2D eigenvalue weighted by atomic mass is 35.5. The topological polar surface area (TPSA) is 80.8 Å². The van der Waals surface area contributed by atoms with Crippen LogP contribution < -0.4 is 0 Å². The Labute approximate surface area is 262 Å². The van der Waals surface area contributed by atoms with Gasteiger partial charge in [-0.3, -0.25) is 19.3 Å². The van der Waals surface area contributed by atoms with Gasteiger partial charge in [0.05, 0.1) is 11.8 Å². The first-order valence-corrected chi connectivity index (χ1v) is 14.9. The highest BCUT2D eigenvalue weighted by Gasteiger charge is 2.73. The van der Waals surface area contributed by atoms with Crippen molar-refractivity contribution in [3.05, 3.63) is 142 Å². The maximum Gasteiger partial charge on any atom is 0.330 e. The second-order valence-electron chi connectivity index (χ2n) is 11.3. The van der Waals surface area contributed by atoms with E-state index in [0.717, 1.165) is 17.0 Å². The van der Waals surface area contributed by atoms with Crippen molar-refractivity contribution in [2.45, 2.75) is 22.2 Å². The summed E-state index contributed by atoms with van der Waals surface area (Å²) >= 11 is 15.1. The summed E-state index contributed by atoms with van der Waals surface area (Å²) in [6, 6.07) is 26.9. The van der Waals surface area contributed by atoms with Gasteiger partial charge in [0.15, 0.2) is 12.4 Å². The fourth-order valence-corrected chi connectivity index (χ4v) is 8.16. The van der Waals surface area contributed by atoms with Gasteiger partial charge in [0, 0.05) is 12.0 Å². The summed E-state index contributed by atoms with van der Waals surface area (Å²) in [4.78, 5) is 53.6. The van der Waals surface area contributed by atoms with E-state index in [1.54, 1.807) is 30.3 Å². The van der Waals surface area contributed by atoms with Crippen LogP contribution in [0.1, 0.15) is 38.2 Å². The van der Waals surface area contributed by atoms with Crippen LogP contribution in [0, 0.1) is 17.7 Å². The second-order valence-corrected chi connectivity index (χ2v) is 12.5. The van der Waals surface area contributed by atoms with Gasteiger partial charge < -0.3 is 4.74 Å². The van der Waals surface area contributed by atoms with Gasteiger partial charge in [-0.25, -0.2) is 9.18 Å². The largest absolute Gasteiger partial charge is 0.456 e. The number of esters is 1. The van der Waals surface area contributed by atoms with E-state index in [-0.39, 0.29) is 12.0 Å². The molecule has 3 aliphatic carbocycles. The maximum absolute atomic E-state index is 14.5. The van der Waals surface area contributed by atoms with Gasteiger partial charge in [-0.2, -0.15) is 0 Å². The molecule has 2 bridgehead atoms. The number of likely N-dealkylation sites (tertiary alicyclic amines) is 1. The van der Waals surface area contributed by atoms with Gasteiger partial charge in [-0.05, 0) is 52.1 Å². The number of carbonyl (C=O) groups is 4. The number of hydrogen-bond donors (Lipinski definition) is 0. The van der Waals surface area contributed by atoms with Crippen LogP contribution in [0.25, 0.3) is 0 Å². The minimum Gasteiger partial charge on any atom is -0.456 e. The van der Waals surface area contributed by atoms with Crippen molar-refractivity contribution in [1.82, 2.24) is 4.90 Å². The Morgan fingerprint density at radius 1 is 0.727 bits per heavy atom. The molecule has 4 aromatic rings. The summed E-state index contributed by atoms with van der Waals surface area (Å²) in [6.45, 7) is -0.658. The highest BCUT2D eigenvalue weighted by molar-refractivity contribution is 6.36. The minimum atomic E-state index is -1.41. The number of amides is 2. The van der Waals surface area contributed by atoms with E-state index >= 15 is 0 Å². The molecule has 0 spiro atoms. The molecule has 4 aliphatic rings. The Hall–Kier alpha value is -4.33. The number of carbonyl (C=O) groups excluding carboxylic acids is 4. The minimum absolute atomic E-state index is 0.0498. The quantitative estimate of drug-likeness (QED) is 0.113. The maximum atomic E-state index is 14.5. The Balaban J connectivity index is 1.28. The fourth-order valence-electron chi connectivity index (χ4n) is 7.07. The van der Waals surface area contributed by atoms with E-state index in [1.807, 2.05) is 48.5 Å². The van der Waals surface area contributed by atoms with Gasteiger partial charge in [0.1, 0.15) is 21.6 Å². The summed E-state index contributed by atoms with van der Waals surface area (Å²) in [6.07, 6.45) is -0.0498. The Morgan fingerprint density at radius 3 is 1.66 bits per heavy atom. The lowest BCUT2D eigenvalue weighted by Gasteiger charge is -2.54. The molecule has 8 rings (SSSR count). The third-order valence-electron chi connectivity index (χ3n) is 8.99. The molecule has 1 saturated heterocycles. The monoisotopic (exact) mass is 627 g/mol. The third-order valence-corrected chi connectivity index (χ3v) is 10.3. The summed E-state index contributed by atoms with van der Waals surface area (Å²) < 4.78 is 18.8. The summed E-state index contributed by atoms with van der Waals surface area (Å²) in [5, 5.41) is 0. The van der Waals surface area contributed by atoms with Crippen LogP contribution in [-0.4, -0.2) is 41.1 Å². The van der Waals surface area contributed by atoms with E-state index in [9.17, 15) is 23.6 Å². The average Bonchev–Trinajstić information content (AvgIpc) is 3.32. The number of imide groups is 1. The molecule has 6 nitrogen and oxygen atoms in total. The summed E-state index contributed by atoms with van der Waals surface area (Å²) in [7, 11) is 0. The first kappa shape index (κ1) is 28.4. The number of rotatable bonds is 7. The zero-order valence-electron chi connectivity index (χ0n) is 23.1. The molecule has 0 unspecified atom stereocenters. The fraction of sp³-hybridized carbons (Fsp3) is 0.200. The van der Waals surface area contributed by atoms with Crippen molar-refractivity contribution in [2.75, 3.05) is 6.61 Å². The van der Waals surface area contributed by atoms with Crippen molar-refractivity contribution >= 4 is 46.8 Å². The number of nitrogens with zero attached hydrogens (tertiary/aromatic N) is 1. The molecular formula is C35H24Cl2FNO5. The molecular weight excluding hydrogens is 604 g/mol. The number of hydrogen-bond acceptors (Lipinski definition) is 5. The molecule has 44 heavy (non-hydrogen) atoms. The van der Waals surface area contributed by atoms with Crippen LogP contribution >= 0.6 is 23.2 Å². The van der Waals surface area contributed by atoms with Crippen LogP contribution in [0.3, 0.4) is 0 Å².